The van der Waals surface area contributed by atoms with E-state index in [1.165, 1.54) is 4.90 Å². The summed E-state index contributed by atoms with van der Waals surface area (Å²) in [4.78, 5) is 26.5. The molecule has 1 saturated carbocycles. The first-order valence-electron chi connectivity index (χ1n) is 6.80. The summed E-state index contributed by atoms with van der Waals surface area (Å²) in [6.45, 7) is 0. The Morgan fingerprint density at radius 1 is 1.15 bits per heavy atom. The largest absolute Gasteiger partial charge is 0.391 e. The molecule has 1 aliphatic heterocycles. The summed E-state index contributed by atoms with van der Waals surface area (Å²) >= 11 is 5.12. The Kier molecular flexibility index (Phi) is 3.30. The van der Waals surface area contributed by atoms with E-state index in [0.29, 0.717) is 6.42 Å². The van der Waals surface area contributed by atoms with Crippen molar-refractivity contribution in [2.75, 3.05) is 0 Å². The highest BCUT2D eigenvalue weighted by molar-refractivity contribution is 7.80. The van der Waals surface area contributed by atoms with Gasteiger partial charge in [-0.2, -0.15) is 0 Å². The number of likely N-dealkylation sites (tertiary alicyclic amines) is 1. The van der Waals surface area contributed by atoms with Gasteiger partial charge in [0.25, 0.3) is 0 Å². The number of rotatable bonds is 3. The molecule has 1 aliphatic carbocycles. The molecular weight excluding hydrogens is 272 g/mol. The molecule has 2 amide bonds. The minimum atomic E-state index is -0.616. The number of hydrogen-bond donors (Lipinski definition) is 1. The number of nitrogens with two attached hydrogens (primary N) is 1. The van der Waals surface area contributed by atoms with Crippen LogP contribution in [0.2, 0.25) is 0 Å². The summed E-state index contributed by atoms with van der Waals surface area (Å²) in [6, 6.07) is 8.67. The fraction of sp³-hybridized carbons (Fsp3) is 0.400. The van der Waals surface area contributed by atoms with Gasteiger partial charge < -0.3 is 5.73 Å². The molecule has 4 nitrogen and oxygen atoms in total. The average molecular weight is 288 g/mol. The number of imide groups is 1. The molecule has 1 heterocycles. The van der Waals surface area contributed by atoms with E-state index in [2.05, 4.69) is 0 Å². The first-order chi connectivity index (χ1) is 9.59. The molecular formula is C15H16N2O2S. The average Bonchev–Trinajstić information content (AvgIpc) is 2.89. The summed E-state index contributed by atoms with van der Waals surface area (Å²) in [5.41, 5.74) is 6.62. The fourth-order valence-electron chi connectivity index (χ4n) is 3.26. The van der Waals surface area contributed by atoms with Gasteiger partial charge in [0, 0.05) is 11.8 Å². The van der Waals surface area contributed by atoms with Crippen LogP contribution in [-0.4, -0.2) is 21.7 Å². The molecule has 1 aromatic carbocycles. The molecule has 0 spiro atoms. The molecule has 20 heavy (non-hydrogen) atoms. The normalized spacial score (nSPS) is 26.7. The molecule has 2 fully saturated rings. The van der Waals surface area contributed by atoms with Crippen LogP contribution in [0.1, 0.15) is 30.9 Å². The predicted octanol–water partition coefficient (Wildman–Crippen LogP) is 1.80. The molecule has 0 aromatic heterocycles. The van der Waals surface area contributed by atoms with E-state index in [9.17, 15) is 9.59 Å². The molecule has 3 unspecified atom stereocenters. The molecule has 2 N–H and O–H groups in total. The van der Waals surface area contributed by atoms with Crippen molar-refractivity contribution >= 4 is 29.0 Å². The van der Waals surface area contributed by atoms with Crippen LogP contribution < -0.4 is 5.73 Å². The third-order valence-corrected chi connectivity index (χ3v) is 4.47. The van der Waals surface area contributed by atoms with Gasteiger partial charge in [-0.15, -0.1) is 0 Å². The van der Waals surface area contributed by atoms with Gasteiger partial charge in [0.2, 0.25) is 11.8 Å². The molecule has 2 aliphatic rings. The maximum Gasteiger partial charge on any atom is 0.233 e. The molecule has 1 aromatic rings. The first kappa shape index (κ1) is 13.2. The van der Waals surface area contributed by atoms with Crippen molar-refractivity contribution in [1.29, 1.82) is 0 Å². The number of carbonyl (C=O) groups is 2. The van der Waals surface area contributed by atoms with E-state index < -0.39 is 6.04 Å². The van der Waals surface area contributed by atoms with Crippen molar-refractivity contribution in [3.05, 3.63) is 35.9 Å². The van der Waals surface area contributed by atoms with Crippen LogP contribution in [-0.2, 0) is 9.59 Å². The lowest BCUT2D eigenvalue weighted by atomic mass is 9.93. The van der Waals surface area contributed by atoms with Gasteiger partial charge in [0.1, 0.15) is 11.0 Å². The zero-order chi connectivity index (χ0) is 14.3. The number of carbonyl (C=O) groups excluding carboxylic acids is 2. The van der Waals surface area contributed by atoms with Crippen molar-refractivity contribution in [3.63, 3.8) is 0 Å². The Morgan fingerprint density at radius 2 is 1.70 bits per heavy atom. The standard InChI is InChI=1S/C15H16N2O2S/c16-13(20)12(9-4-2-1-3-5-9)17-14(18)10-6-7-11(8-10)15(17)19/h1-5,10-12H,6-8H2,(H2,16,20). The number of piperidine rings is 1. The monoisotopic (exact) mass is 288 g/mol. The van der Waals surface area contributed by atoms with E-state index in [-0.39, 0.29) is 28.6 Å². The first-order valence-corrected chi connectivity index (χ1v) is 7.21. The van der Waals surface area contributed by atoms with Crippen LogP contribution in [0.15, 0.2) is 30.3 Å². The third kappa shape index (κ3) is 2.02. The molecule has 5 heteroatoms. The highest BCUT2D eigenvalue weighted by Gasteiger charge is 2.48. The number of amides is 2. The predicted molar refractivity (Wildman–Crippen MR) is 78.7 cm³/mol. The Balaban J connectivity index is 2.01. The smallest absolute Gasteiger partial charge is 0.233 e. The van der Waals surface area contributed by atoms with Gasteiger partial charge in [-0.3, -0.25) is 14.5 Å². The van der Waals surface area contributed by atoms with Crippen molar-refractivity contribution in [2.45, 2.75) is 25.3 Å². The lowest BCUT2D eigenvalue weighted by molar-refractivity contribution is -0.154. The summed E-state index contributed by atoms with van der Waals surface area (Å²) in [5.74, 6) is -0.327. The van der Waals surface area contributed by atoms with E-state index in [1.807, 2.05) is 30.3 Å². The molecule has 1 saturated heterocycles. The topological polar surface area (TPSA) is 63.4 Å². The lowest BCUT2D eigenvalue weighted by Gasteiger charge is -2.35. The van der Waals surface area contributed by atoms with E-state index >= 15 is 0 Å². The van der Waals surface area contributed by atoms with Gasteiger partial charge in [-0.05, 0) is 24.8 Å². The second kappa shape index (κ2) is 4.98. The number of fused-ring (bicyclic) bond motifs is 2. The maximum atomic E-state index is 12.5. The second-order valence-corrected chi connectivity index (χ2v) is 5.94. The van der Waals surface area contributed by atoms with Crippen LogP contribution in [0, 0.1) is 11.8 Å². The van der Waals surface area contributed by atoms with Crippen molar-refractivity contribution in [1.82, 2.24) is 4.90 Å². The highest BCUT2D eigenvalue weighted by atomic mass is 32.1. The van der Waals surface area contributed by atoms with Gasteiger partial charge in [-0.25, -0.2) is 0 Å². The van der Waals surface area contributed by atoms with Crippen LogP contribution >= 0.6 is 12.2 Å². The fourth-order valence-corrected chi connectivity index (χ4v) is 3.50. The third-order valence-electron chi connectivity index (χ3n) is 4.25. The van der Waals surface area contributed by atoms with Crippen molar-refractivity contribution in [2.24, 2.45) is 17.6 Å². The Bertz CT molecular complexity index is 550. The SMILES string of the molecule is NC(=S)C(c1ccccc1)N1C(=O)C2CCC(C2)C1=O. The Hall–Kier alpha value is -1.75. The van der Waals surface area contributed by atoms with Gasteiger partial charge in [0.15, 0.2) is 0 Å². The van der Waals surface area contributed by atoms with Crippen LogP contribution in [0.3, 0.4) is 0 Å². The maximum absolute atomic E-state index is 12.5. The van der Waals surface area contributed by atoms with E-state index in [4.69, 9.17) is 18.0 Å². The number of benzene rings is 1. The summed E-state index contributed by atoms with van der Waals surface area (Å²) in [5, 5.41) is 0. The molecule has 2 bridgehead atoms. The highest BCUT2D eigenvalue weighted by Crippen LogP contribution is 2.41. The van der Waals surface area contributed by atoms with Gasteiger partial charge in [-0.1, -0.05) is 42.5 Å². The van der Waals surface area contributed by atoms with Crippen LogP contribution in [0.25, 0.3) is 0 Å². The molecule has 3 atom stereocenters. The second-order valence-electron chi connectivity index (χ2n) is 5.47. The minimum Gasteiger partial charge on any atom is -0.391 e. The number of hydrogen-bond acceptors (Lipinski definition) is 3. The molecule has 104 valence electrons. The quantitative estimate of drug-likeness (QED) is 0.680. The van der Waals surface area contributed by atoms with E-state index in [1.54, 1.807) is 0 Å². The number of thiocarbonyl (C=S) groups is 1. The number of nitrogens with zero attached hydrogens (tertiary/aromatic N) is 1. The van der Waals surface area contributed by atoms with Crippen LogP contribution in [0.4, 0.5) is 0 Å². The Morgan fingerprint density at radius 3 is 2.20 bits per heavy atom. The van der Waals surface area contributed by atoms with Crippen LogP contribution in [0.5, 0.6) is 0 Å². The summed E-state index contributed by atoms with van der Waals surface area (Å²) in [6.07, 6.45) is 2.28. The minimum absolute atomic E-state index is 0.0433. The Labute approximate surface area is 122 Å². The molecule has 3 rings (SSSR count). The lowest BCUT2D eigenvalue weighted by Crippen LogP contribution is -2.51. The zero-order valence-electron chi connectivity index (χ0n) is 11.0. The summed E-state index contributed by atoms with van der Waals surface area (Å²) < 4.78 is 0. The van der Waals surface area contributed by atoms with Crippen molar-refractivity contribution in [3.8, 4) is 0 Å². The van der Waals surface area contributed by atoms with Gasteiger partial charge in [0.05, 0.1) is 0 Å². The molecule has 0 radical (unpaired) electrons. The van der Waals surface area contributed by atoms with Crippen molar-refractivity contribution < 1.29 is 9.59 Å². The van der Waals surface area contributed by atoms with E-state index in [0.717, 1.165) is 18.4 Å². The summed E-state index contributed by atoms with van der Waals surface area (Å²) in [7, 11) is 0. The van der Waals surface area contributed by atoms with Gasteiger partial charge >= 0.3 is 0 Å². The zero-order valence-corrected chi connectivity index (χ0v) is 11.8.